The second-order valence-electron chi connectivity index (χ2n) is 5.19. The summed E-state index contributed by atoms with van der Waals surface area (Å²) in [6.07, 6.45) is 0. The Balaban J connectivity index is 1.52. The van der Waals surface area contributed by atoms with Crippen LogP contribution in [-0.2, 0) is 0 Å². The van der Waals surface area contributed by atoms with Gasteiger partial charge in [0.25, 0.3) is 5.91 Å². The van der Waals surface area contributed by atoms with Gasteiger partial charge in [-0.1, -0.05) is 30.3 Å². The van der Waals surface area contributed by atoms with Gasteiger partial charge in [0.05, 0.1) is 6.54 Å². The van der Waals surface area contributed by atoms with Gasteiger partial charge in [0.15, 0.2) is 0 Å². The number of carbonyl (C=O) groups excluding carboxylic acids is 1. The second kappa shape index (κ2) is 6.35. The number of H-pyrrole nitrogens is 1. The third-order valence-corrected chi connectivity index (χ3v) is 3.42. The molecule has 3 aromatic rings. The molecule has 0 aliphatic rings. The van der Waals surface area contributed by atoms with E-state index in [4.69, 9.17) is 4.74 Å². The standard InChI is InChI=1S/C18H18N2O2/c1-13-5-4-7-15(11-13)22-10-9-19-18(21)17-12-14-6-2-3-8-16(14)20-17/h2-8,11-12,20H,9-10H2,1H3,(H,19,21). The van der Waals surface area contributed by atoms with E-state index in [0.29, 0.717) is 18.8 Å². The number of benzene rings is 2. The minimum absolute atomic E-state index is 0.121. The van der Waals surface area contributed by atoms with Crippen LogP contribution >= 0.6 is 0 Å². The van der Waals surface area contributed by atoms with Gasteiger partial charge in [-0.05, 0) is 36.8 Å². The topological polar surface area (TPSA) is 54.1 Å². The molecule has 0 bridgehead atoms. The SMILES string of the molecule is Cc1cccc(OCCNC(=O)c2cc3ccccc3[nH]2)c1. The van der Waals surface area contributed by atoms with Gasteiger partial charge in [0.2, 0.25) is 0 Å². The van der Waals surface area contributed by atoms with Crippen molar-refractivity contribution in [3.8, 4) is 5.75 Å². The Hall–Kier alpha value is -2.75. The highest BCUT2D eigenvalue weighted by molar-refractivity contribution is 5.97. The third-order valence-electron chi connectivity index (χ3n) is 3.42. The summed E-state index contributed by atoms with van der Waals surface area (Å²) in [6, 6.07) is 17.5. The van der Waals surface area contributed by atoms with E-state index in [1.807, 2.05) is 61.5 Å². The molecule has 4 heteroatoms. The number of para-hydroxylation sites is 1. The zero-order valence-corrected chi connectivity index (χ0v) is 12.4. The van der Waals surface area contributed by atoms with Crippen molar-refractivity contribution in [2.24, 2.45) is 0 Å². The highest BCUT2D eigenvalue weighted by Gasteiger charge is 2.08. The maximum atomic E-state index is 12.1. The average Bonchev–Trinajstić information content (AvgIpc) is 2.95. The fourth-order valence-corrected chi connectivity index (χ4v) is 2.33. The number of hydrogen-bond acceptors (Lipinski definition) is 2. The number of fused-ring (bicyclic) bond motifs is 1. The second-order valence-corrected chi connectivity index (χ2v) is 5.19. The summed E-state index contributed by atoms with van der Waals surface area (Å²) in [5.41, 5.74) is 2.68. The zero-order valence-electron chi connectivity index (χ0n) is 12.4. The Labute approximate surface area is 129 Å². The first-order chi connectivity index (χ1) is 10.7. The molecule has 112 valence electrons. The van der Waals surface area contributed by atoms with E-state index in [0.717, 1.165) is 22.2 Å². The number of aromatic nitrogens is 1. The summed E-state index contributed by atoms with van der Waals surface area (Å²) in [4.78, 5) is 15.2. The molecule has 0 saturated heterocycles. The van der Waals surface area contributed by atoms with E-state index in [1.54, 1.807) is 0 Å². The summed E-state index contributed by atoms with van der Waals surface area (Å²) in [5, 5.41) is 3.88. The maximum Gasteiger partial charge on any atom is 0.267 e. The van der Waals surface area contributed by atoms with Crippen LogP contribution in [0.15, 0.2) is 54.6 Å². The fraction of sp³-hybridized carbons (Fsp3) is 0.167. The van der Waals surface area contributed by atoms with Crippen LogP contribution < -0.4 is 10.1 Å². The summed E-state index contributed by atoms with van der Waals surface area (Å²) in [7, 11) is 0. The molecule has 4 nitrogen and oxygen atoms in total. The van der Waals surface area contributed by atoms with Gasteiger partial charge in [-0.25, -0.2) is 0 Å². The smallest absolute Gasteiger partial charge is 0.267 e. The number of hydrogen-bond donors (Lipinski definition) is 2. The Morgan fingerprint density at radius 3 is 2.82 bits per heavy atom. The summed E-state index contributed by atoms with van der Waals surface area (Å²) < 4.78 is 5.61. The molecule has 0 radical (unpaired) electrons. The molecule has 1 aromatic heterocycles. The van der Waals surface area contributed by atoms with E-state index < -0.39 is 0 Å². The zero-order chi connectivity index (χ0) is 15.4. The summed E-state index contributed by atoms with van der Waals surface area (Å²) in [6.45, 7) is 2.92. The van der Waals surface area contributed by atoms with Crippen LogP contribution in [0.2, 0.25) is 0 Å². The van der Waals surface area contributed by atoms with Crippen LogP contribution in [0.3, 0.4) is 0 Å². The van der Waals surface area contributed by atoms with Crippen molar-refractivity contribution in [3.05, 3.63) is 65.9 Å². The molecule has 1 amide bonds. The Bertz CT molecular complexity index is 759. The lowest BCUT2D eigenvalue weighted by Gasteiger charge is -2.07. The van der Waals surface area contributed by atoms with Gasteiger partial charge in [0.1, 0.15) is 18.1 Å². The molecule has 0 fully saturated rings. The van der Waals surface area contributed by atoms with Crippen LogP contribution in [0.1, 0.15) is 16.1 Å². The van der Waals surface area contributed by atoms with Crippen molar-refractivity contribution in [1.29, 1.82) is 0 Å². The lowest BCUT2D eigenvalue weighted by atomic mass is 10.2. The molecular formula is C18H18N2O2. The predicted molar refractivity (Wildman–Crippen MR) is 87.3 cm³/mol. The molecule has 0 atom stereocenters. The van der Waals surface area contributed by atoms with Gasteiger partial charge in [-0.3, -0.25) is 4.79 Å². The van der Waals surface area contributed by atoms with E-state index in [-0.39, 0.29) is 5.91 Å². The van der Waals surface area contributed by atoms with Crippen molar-refractivity contribution < 1.29 is 9.53 Å². The molecule has 0 aliphatic carbocycles. The van der Waals surface area contributed by atoms with Crippen molar-refractivity contribution in [1.82, 2.24) is 10.3 Å². The molecule has 0 spiro atoms. The minimum Gasteiger partial charge on any atom is -0.492 e. The van der Waals surface area contributed by atoms with Crippen molar-refractivity contribution in [3.63, 3.8) is 0 Å². The maximum absolute atomic E-state index is 12.1. The molecule has 2 N–H and O–H groups in total. The van der Waals surface area contributed by atoms with Crippen LogP contribution in [0.5, 0.6) is 5.75 Å². The molecule has 0 unspecified atom stereocenters. The molecule has 1 heterocycles. The van der Waals surface area contributed by atoms with Gasteiger partial charge < -0.3 is 15.0 Å². The first-order valence-electron chi connectivity index (χ1n) is 7.28. The third kappa shape index (κ3) is 3.28. The van der Waals surface area contributed by atoms with Gasteiger partial charge in [-0.15, -0.1) is 0 Å². The lowest BCUT2D eigenvalue weighted by molar-refractivity contribution is 0.0943. The molecule has 0 saturated carbocycles. The van der Waals surface area contributed by atoms with Gasteiger partial charge in [0, 0.05) is 10.9 Å². The normalized spacial score (nSPS) is 10.6. The van der Waals surface area contributed by atoms with Crippen LogP contribution in [0, 0.1) is 6.92 Å². The minimum atomic E-state index is -0.121. The van der Waals surface area contributed by atoms with Crippen LogP contribution in [0.25, 0.3) is 10.9 Å². The number of amides is 1. The van der Waals surface area contributed by atoms with Crippen LogP contribution in [-0.4, -0.2) is 24.0 Å². The molecule has 0 aliphatic heterocycles. The number of rotatable bonds is 5. The lowest BCUT2D eigenvalue weighted by Crippen LogP contribution is -2.28. The number of nitrogens with one attached hydrogen (secondary N) is 2. The van der Waals surface area contributed by atoms with Crippen LogP contribution in [0.4, 0.5) is 0 Å². The van der Waals surface area contributed by atoms with Gasteiger partial charge in [-0.2, -0.15) is 0 Å². The first kappa shape index (κ1) is 14.2. The number of aromatic amines is 1. The van der Waals surface area contributed by atoms with E-state index in [1.165, 1.54) is 0 Å². The highest BCUT2D eigenvalue weighted by Crippen LogP contribution is 2.14. The average molecular weight is 294 g/mol. The molecular weight excluding hydrogens is 276 g/mol. The first-order valence-corrected chi connectivity index (χ1v) is 7.28. The Morgan fingerprint density at radius 2 is 2.00 bits per heavy atom. The highest BCUT2D eigenvalue weighted by atomic mass is 16.5. The number of carbonyl (C=O) groups is 1. The van der Waals surface area contributed by atoms with E-state index in [9.17, 15) is 4.79 Å². The van der Waals surface area contributed by atoms with Crippen molar-refractivity contribution in [2.45, 2.75) is 6.92 Å². The van der Waals surface area contributed by atoms with Gasteiger partial charge >= 0.3 is 0 Å². The Kier molecular flexibility index (Phi) is 4.10. The molecule has 2 aromatic carbocycles. The summed E-state index contributed by atoms with van der Waals surface area (Å²) >= 11 is 0. The molecule has 3 rings (SSSR count). The fourth-order valence-electron chi connectivity index (χ4n) is 2.33. The van der Waals surface area contributed by atoms with E-state index in [2.05, 4.69) is 10.3 Å². The largest absolute Gasteiger partial charge is 0.492 e. The number of aryl methyl sites for hydroxylation is 1. The quantitative estimate of drug-likeness (QED) is 0.709. The monoisotopic (exact) mass is 294 g/mol. The summed E-state index contributed by atoms with van der Waals surface area (Å²) in [5.74, 6) is 0.698. The Morgan fingerprint density at radius 1 is 1.14 bits per heavy atom. The van der Waals surface area contributed by atoms with E-state index >= 15 is 0 Å². The van der Waals surface area contributed by atoms with Crippen molar-refractivity contribution in [2.75, 3.05) is 13.2 Å². The number of ether oxygens (including phenoxy) is 1. The molecule has 22 heavy (non-hydrogen) atoms. The predicted octanol–water partition coefficient (Wildman–Crippen LogP) is 3.29. The van der Waals surface area contributed by atoms with Crippen molar-refractivity contribution >= 4 is 16.8 Å².